The standard InChI is InChI=1S/C46H51BN4/c1-46(2,3)30-20-31-35-32(21-30)49-41-27-14-18-29(19-15-27)43(41)51-39-25-10-6-23(7-11-25)34(39)37(45(49)51)47(35)36-33-22-4-8-24(9-5-22)38(33)50-42-28-16-12-26(13-17-28)40(42)48(31)44(36)50/h20-29H,4-19H2,1-3H3. The first kappa shape index (κ1) is 27.5. The van der Waals surface area contributed by atoms with Gasteiger partial charge in [-0.3, -0.25) is 9.13 Å². The average molecular weight is 671 g/mol. The number of hydrogen-bond acceptors (Lipinski definition) is 0. The third-order valence-electron chi connectivity index (χ3n) is 17.8. The van der Waals surface area contributed by atoms with Crippen molar-refractivity contribution in [1.82, 2.24) is 17.9 Å². The molecule has 0 unspecified atom stereocenters. The summed E-state index contributed by atoms with van der Waals surface area (Å²) in [6.45, 7) is 7.83. The Morgan fingerprint density at radius 3 is 1.14 bits per heavy atom. The normalized spacial score (nSPS) is 33.7. The number of benzene rings is 1. The molecule has 4 fully saturated rings. The van der Waals surface area contributed by atoms with Gasteiger partial charge in [0.1, 0.15) is 11.3 Å². The number of aromatic nitrogens is 4. The van der Waals surface area contributed by atoms with Crippen molar-refractivity contribution in [3.05, 3.63) is 63.0 Å². The lowest BCUT2D eigenvalue weighted by Crippen LogP contribution is -2.61. The van der Waals surface area contributed by atoms with Crippen LogP contribution in [0.5, 0.6) is 0 Å². The van der Waals surface area contributed by atoms with Gasteiger partial charge in [0.15, 0.2) is 0 Å². The second-order valence-electron chi connectivity index (χ2n) is 20.8. The maximum Gasteiger partial charge on any atom is 0.257 e. The van der Waals surface area contributed by atoms with E-state index in [1.807, 2.05) is 33.4 Å². The molecule has 4 saturated carbocycles. The van der Waals surface area contributed by atoms with Gasteiger partial charge in [0, 0.05) is 69.2 Å². The maximum absolute atomic E-state index is 3.04. The van der Waals surface area contributed by atoms with E-state index in [0.29, 0.717) is 6.71 Å². The SMILES string of the molecule is CC(C)(C)c1cc2c3c(c1)-n1c4c(n5c6c(c(c15)B3c1c3c(n5c7c(n-2c15)C1CCC7CC1)C1CCC3CC1)C1CCC6CC1)C1CCC4CC1. The second kappa shape index (κ2) is 8.50. The van der Waals surface area contributed by atoms with Gasteiger partial charge in [-0.05, 0) is 177 Å². The summed E-state index contributed by atoms with van der Waals surface area (Å²) in [5, 5.41) is 0. The van der Waals surface area contributed by atoms with Crippen molar-refractivity contribution in [1.29, 1.82) is 0 Å². The third-order valence-corrected chi connectivity index (χ3v) is 17.8. The Labute approximate surface area is 302 Å². The molecule has 2 aliphatic heterocycles. The van der Waals surface area contributed by atoms with Crippen LogP contribution in [-0.2, 0) is 5.41 Å². The van der Waals surface area contributed by atoms with E-state index >= 15 is 0 Å². The molecule has 0 saturated heterocycles. The zero-order valence-electron chi connectivity index (χ0n) is 31.0. The van der Waals surface area contributed by atoms with Gasteiger partial charge in [-0.15, -0.1) is 0 Å². The summed E-state index contributed by atoms with van der Waals surface area (Å²) < 4.78 is 12.1. The van der Waals surface area contributed by atoms with Crippen molar-refractivity contribution < 1.29 is 0 Å². The first-order chi connectivity index (χ1) is 25.0. The number of hydrogen-bond donors (Lipinski definition) is 0. The zero-order valence-corrected chi connectivity index (χ0v) is 31.0. The second-order valence-corrected chi connectivity index (χ2v) is 20.8. The first-order valence-corrected chi connectivity index (χ1v) is 21.8. The van der Waals surface area contributed by atoms with Gasteiger partial charge in [0.2, 0.25) is 0 Å². The fourth-order valence-corrected chi connectivity index (χ4v) is 15.9. The Hall–Kier alpha value is -3.08. The molecular weight excluding hydrogens is 619 g/mol. The lowest BCUT2D eigenvalue weighted by Gasteiger charge is -2.43. The van der Waals surface area contributed by atoms with Crippen LogP contribution in [0.15, 0.2) is 12.1 Å². The van der Waals surface area contributed by atoms with Gasteiger partial charge in [-0.1, -0.05) is 20.8 Å². The van der Waals surface area contributed by atoms with Crippen molar-refractivity contribution in [2.45, 2.75) is 176 Å². The van der Waals surface area contributed by atoms with Gasteiger partial charge < -0.3 is 8.80 Å². The monoisotopic (exact) mass is 670 g/mol. The van der Waals surface area contributed by atoms with Crippen molar-refractivity contribution in [2.75, 3.05) is 0 Å². The molecule has 5 aromatic rings. The quantitative estimate of drug-likeness (QED) is 0.143. The van der Waals surface area contributed by atoms with E-state index in [1.54, 1.807) is 50.9 Å². The first-order valence-electron chi connectivity index (χ1n) is 21.8. The van der Waals surface area contributed by atoms with E-state index in [-0.39, 0.29) is 5.41 Å². The van der Waals surface area contributed by atoms with E-state index in [4.69, 9.17) is 0 Å². The Bertz CT molecular complexity index is 2310. The van der Waals surface area contributed by atoms with Crippen LogP contribution in [0.4, 0.5) is 0 Å². The summed E-state index contributed by atoms with van der Waals surface area (Å²) in [4.78, 5) is 0. The van der Waals surface area contributed by atoms with Crippen LogP contribution in [0.2, 0.25) is 0 Å². The Morgan fingerprint density at radius 1 is 0.431 bits per heavy atom. The molecule has 0 N–H and O–H groups in total. The molecule has 12 aliphatic carbocycles. The molecule has 258 valence electrons. The molecule has 0 amide bonds. The lowest BCUT2D eigenvalue weighted by atomic mass is 9.32. The zero-order chi connectivity index (χ0) is 33.0. The molecule has 0 atom stereocenters. The van der Waals surface area contributed by atoms with Gasteiger partial charge in [0.05, 0.1) is 0 Å². The molecule has 0 radical (unpaired) electrons. The molecule has 14 aliphatic rings. The van der Waals surface area contributed by atoms with Crippen LogP contribution >= 0.6 is 0 Å². The molecule has 51 heavy (non-hydrogen) atoms. The lowest BCUT2D eigenvalue weighted by molar-refractivity contribution is 0.331. The predicted molar refractivity (Wildman–Crippen MR) is 206 cm³/mol. The number of rotatable bonds is 0. The van der Waals surface area contributed by atoms with Crippen LogP contribution in [0.3, 0.4) is 0 Å². The minimum atomic E-state index is 0.0905. The van der Waals surface area contributed by atoms with E-state index in [0.717, 1.165) is 47.3 Å². The Kier molecular flexibility index (Phi) is 4.58. The third kappa shape index (κ3) is 2.83. The van der Waals surface area contributed by atoms with Gasteiger partial charge in [-0.25, -0.2) is 0 Å². The summed E-state index contributed by atoms with van der Waals surface area (Å²) in [5.74, 6) is 5.96. The van der Waals surface area contributed by atoms with Crippen molar-refractivity contribution in [3.63, 3.8) is 0 Å². The van der Waals surface area contributed by atoms with Crippen LogP contribution in [0, 0.1) is 0 Å². The number of nitrogens with zero attached hydrogens (tertiary/aromatic N) is 4. The summed E-state index contributed by atoms with van der Waals surface area (Å²) in [6, 6.07) is 5.49. The van der Waals surface area contributed by atoms with E-state index in [9.17, 15) is 0 Å². The highest BCUT2D eigenvalue weighted by Gasteiger charge is 2.55. The summed E-state index contributed by atoms with van der Waals surface area (Å²) >= 11 is 0. The van der Waals surface area contributed by atoms with Gasteiger partial charge in [-0.2, -0.15) is 0 Å². The van der Waals surface area contributed by atoms with Crippen LogP contribution in [0.1, 0.15) is 222 Å². The van der Waals surface area contributed by atoms with Gasteiger partial charge in [0.25, 0.3) is 6.71 Å². The summed E-state index contributed by atoms with van der Waals surface area (Å²) in [7, 11) is 0. The van der Waals surface area contributed by atoms with Gasteiger partial charge >= 0.3 is 0 Å². The Morgan fingerprint density at radius 2 is 0.765 bits per heavy atom. The van der Waals surface area contributed by atoms with E-state index in [1.165, 1.54) is 108 Å². The highest BCUT2D eigenvalue weighted by Crippen LogP contribution is 2.59. The van der Waals surface area contributed by atoms with Crippen molar-refractivity contribution >= 4 is 34.4 Å². The summed E-state index contributed by atoms with van der Waals surface area (Å²) in [5.41, 5.74) is 28.0. The molecule has 6 heterocycles. The van der Waals surface area contributed by atoms with Crippen molar-refractivity contribution in [3.8, 4) is 11.4 Å². The van der Waals surface area contributed by atoms with Crippen molar-refractivity contribution in [2.24, 2.45) is 0 Å². The number of fused-ring (bicyclic) bond motifs is 12. The van der Waals surface area contributed by atoms with E-state index < -0.39 is 0 Å². The molecule has 0 spiro atoms. The predicted octanol–water partition coefficient (Wildman–Crippen LogP) is 9.23. The summed E-state index contributed by atoms with van der Waals surface area (Å²) in [6.07, 6.45) is 22.6. The highest BCUT2D eigenvalue weighted by atomic mass is 15.2. The average Bonchev–Trinajstić information content (AvgIpc) is 3.93. The van der Waals surface area contributed by atoms with Crippen LogP contribution in [0.25, 0.3) is 22.7 Å². The van der Waals surface area contributed by atoms with E-state index in [2.05, 4.69) is 50.8 Å². The maximum atomic E-state index is 3.04. The molecule has 5 heteroatoms. The largest absolute Gasteiger partial charge is 0.302 e. The van der Waals surface area contributed by atoms with Crippen LogP contribution in [-0.4, -0.2) is 24.6 Å². The Balaban J connectivity index is 1.19. The molecule has 1 aromatic carbocycles. The molecule has 8 bridgehead atoms. The smallest absolute Gasteiger partial charge is 0.257 e. The number of imidazole rings is 2. The molecule has 4 nitrogen and oxygen atoms in total. The minimum absolute atomic E-state index is 0.0905. The minimum Gasteiger partial charge on any atom is -0.302 e. The fourth-order valence-electron chi connectivity index (χ4n) is 15.9. The highest BCUT2D eigenvalue weighted by molar-refractivity contribution is 7.00. The molecule has 4 aromatic heterocycles. The fraction of sp³-hybridized carbons (Fsp3) is 0.609. The molecule has 19 rings (SSSR count). The topological polar surface area (TPSA) is 18.7 Å². The molecular formula is C46H51BN4. The van der Waals surface area contributed by atoms with Crippen LogP contribution < -0.4 is 16.4 Å².